The zero-order chi connectivity index (χ0) is 13.3. The van der Waals surface area contributed by atoms with Crippen LogP contribution in [-0.4, -0.2) is 45.8 Å². The van der Waals surface area contributed by atoms with E-state index in [4.69, 9.17) is 0 Å². The first-order valence-electron chi connectivity index (χ1n) is 6.70. The Labute approximate surface area is 113 Å². The quantitative estimate of drug-likeness (QED) is 0.825. The molecule has 2 fully saturated rings. The molecule has 0 radical (unpaired) electrons. The number of amides is 2. The summed E-state index contributed by atoms with van der Waals surface area (Å²) in [5, 5.41) is 2.84. The minimum Gasteiger partial charge on any atom is -0.340 e. The van der Waals surface area contributed by atoms with Crippen molar-refractivity contribution >= 4 is 23.6 Å². The van der Waals surface area contributed by atoms with Crippen LogP contribution in [0.2, 0.25) is 0 Å². The summed E-state index contributed by atoms with van der Waals surface area (Å²) >= 11 is 1.89. The summed E-state index contributed by atoms with van der Waals surface area (Å²) in [5.74, 6) is 2.20. The zero-order valence-corrected chi connectivity index (χ0v) is 12.2. The van der Waals surface area contributed by atoms with Crippen LogP contribution < -0.4 is 5.32 Å². The number of hydrogen-bond acceptors (Lipinski definition) is 3. The fourth-order valence-corrected chi connectivity index (χ4v) is 3.92. The third-order valence-corrected chi connectivity index (χ3v) is 4.96. The van der Waals surface area contributed by atoms with E-state index >= 15 is 0 Å². The van der Waals surface area contributed by atoms with Crippen LogP contribution in [0, 0.1) is 0 Å². The summed E-state index contributed by atoms with van der Waals surface area (Å²) in [6.45, 7) is 5.56. The van der Waals surface area contributed by atoms with Gasteiger partial charge in [-0.3, -0.25) is 9.59 Å². The predicted molar refractivity (Wildman–Crippen MR) is 73.5 cm³/mol. The molecule has 2 aliphatic rings. The van der Waals surface area contributed by atoms with E-state index in [0.29, 0.717) is 6.42 Å². The van der Waals surface area contributed by atoms with Gasteiger partial charge < -0.3 is 10.2 Å². The highest BCUT2D eigenvalue weighted by Gasteiger charge is 2.47. The first kappa shape index (κ1) is 13.7. The van der Waals surface area contributed by atoms with Crippen molar-refractivity contribution in [1.29, 1.82) is 0 Å². The molecule has 2 atom stereocenters. The van der Waals surface area contributed by atoms with Crippen molar-refractivity contribution in [2.24, 2.45) is 0 Å². The van der Waals surface area contributed by atoms with Gasteiger partial charge in [0.2, 0.25) is 11.8 Å². The summed E-state index contributed by atoms with van der Waals surface area (Å²) in [7, 11) is 0. The van der Waals surface area contributed by atoms with Gasteiger partial charge in [0.25, 0.3) is 0 Å². The number of nitrogens with zero attached hydrogens (tertiary/aromatic N) is 1. The van der Waals surface area contributed by atoms with Gasteiger partial charge in [0.05, 0.1) is 0 Å². The third-order valence-electron chi connectivity index (χ3n) is 3.76. The second-order valence-electron chi connectivity index (χ2n) is 5.62. The van der Waals surface area contributed by atoms with Gasteiger partial charge in [-0.05, 0) is 38.9 Å². The molecule has 1 N–H and O–H groups in total. The van der Waals surface area contributed by atoms with Crippen LogP contribution in [0.4, 0.5) is 0 Å². The highest BCUT2D eigenvalue weighted by Crippen LogP contribution is 2.29. The highest BCUT2D eigenvalue weighted by molar-refractivity contribution is 7.99. The topological polar surface area (TPSA) is 49.4 Å². The maximum Gasteiger partial charge on any atom is 0.248 e. The van der Waals surface area contributed by atoms with Crippen molar-refractivity contribution in [2.45, 2.75) is 57.7 Å². The molecule has 0 aromatic heterocycles. The molecule has 18 heavy (non-hydrogen) atoms. The summed E-state index contributed by atoms with van der Waals surface area (Å²) in [6, 6.07) is -0.0549. The Morgan fingerprint density at radius 1 is 1.44 bits per heavy atom. The summed E-state index contributed by atoms with van der Waals surface area (Å²) in [4.78, 5) is 26.6. The Kier molecular flexibility index (Phi) is 3.90. The number of carbonyl (C=O) groups is 2. The molecule has 2 amide bonds. The van der Waals surface area contributed by atoms with E-state index in [1.54, 1.807) is 13.8 Å². The maximum absolute atomic E-state index is 12.6. The van der Waals surface area contributed by atoms with Gasteiger partial charge in [-0.1, -0.05) is 6.92 Å². The molecular formula is C13H22N2O2S. The largest absolute Gasteiger partial charge is 0.340 e. The minimum atomic E-state index is -0.759. The molecular weight excluding hydrogens is 248 g/mol. The van der Waals surface area contributed by atoms with Gasteiger partial charge in [-0.2, -0.15) is 11.8 Å². The monoisotopic (exact) mass is 270 g/mol. The second-order valence-corrected chi connectivity index (χ2v) is 6.77. The van der Waals surface area contributed by atoms with Crippen molar-refractivity contribution in [2.75, 3.05) is 11.5 Å². The smallest absolute Gasteiger partial charge is 0.248 e. The van der Waals surface area contributed by atoms with E-state index < -0.39 is 5.54 Å². The maximum atomic E-state index is 12.6. The molecule has 2 aliphatic heterocycles. The van der Waals surface area contributed by atoms with Crippen molar-refractivity contribution in [1.82, 2.24) is 10.2 Å². The lowest BCUT2D eigenvalue weighted by Gasteiger charge is -2.47. The fraction of sp³-hybridized carbons (Fsp3) is 0.846. The summed E-state index contributed by atoms with van der Waals surface area (Å²) in [5.41, 5.74) is -0.759. The Morgan fingerprint density at radius 2 is 2.17 bits per heavy atom. The summed E-state index contributed by atoms with van der Waals surface area (Å²) in [6.07, 6.45) is 2.85. The van der Waals surface area contributed by atoms with Gasteiger partial charge in [-0.25, -0.2) is 0 Å². The van der Waals surface area contributed by atoms with Crippen molar-refractivity contribution in [3.63, 3.8) is 0 Å². The SMILES string of the molecule is CCC1C(=O)NC(C)(C)C(=O)N1C1CCCSC1. The first-order chi connectivity index (χ1) is 8.47. The van der Waals surface area contributed by atoms with Crippen LogP contribution in [0.25, 0.3) is 0 Å². The van der Waals surface area contributed by atoms with Crippen LogP contribution in [0.15, 0.2) is 0 Å². The van der Waals surface area contributed by atoms with Gasteiger partial charge >= 0.3 is 0 Å². The number of carbonyl (C=O) groups excluding carboxylic acids is 2. The predicted octanol–water partition coefficient (Wildman–Crippen LogP) is 1.40. The average molecular weight is 270 g/mol. The van der Waals surface area contributed by atoms with Crippen molar-refractivity contribution in [3.05, 3.63) is 0 Å². The van der Waals surface area contributed by atoms with Gasteiger partial charge in [0.1, 0.15) is 11.6 Å². The van der Waals surface area contributed by atoms with Crippen LogP contribution in [0.3, 0.4) is 0 Å². The number of thioether (sulfide) groups is 1. The third kappa shape index (κ3) is 2.37. The molecule has 102 valence electrons. The highest BCUT2D eigenvalue weighted by atomic mass is 32.2. The van der Waals surface area contributed by atoms with E-state index in [1.807, 2.05) is 23.6 Å². The molecule has 0 aliphatic carbocycles. The Bertz CT molecular complexity index is 351. The Hall–Kier alpha value is -0.710. The lowest BCUT2D eigenvalue weighted by Crippen LogP contribution is -2.70. The molecule has 4 nitrogen and oxygen atoms in total. The molecule has 2 heterocycles. The van der Waals surface area contributed by atoms with Gasteiger partial charge in [-0.15, -0.1) is 0 Å². The van der Waals surface area contributed by atoms with Crippen LogP contribution in [-0.2, 0) is 9.59 Å². The Balaban J connectivity index is 2.25. The Morgan fingerprint density at radius 3 is 2.72 bits per heavy atom. The van der Waals surface area contributed by atoms with Gasteiger partial charge in [0, 0.05) is 11.8 Å². The standard InChI is InChI=1S/C13H22N2O2S/c1-4-10-11(16)14-13(2,3)12(17)15(10)9-6-5-7-18-8-9/h9-10H,4-8H2,1-3H3,(H,14,16). The van der Waals surface area contributed by atoms with Crippen LogP contribution >= 0.6 is 11.8 Å². The fourth-order valence-electron chi connectivity index (χ4n) is 2.78. The van der Waals surface area contributed by atoms with E-state index in [2.05, 4.69) is 5.32 Å². The second kappa shape index (κ2) is 5.11. The average Bonchev–Trinajstić information content (AvgIpc) is 2.34. The zero-order valence-electron chi connectivity index (χ0n) is 11.4. The summed E-state index contributed by atoms with van der Waals surface area (Å²) < 4.78 is 0. The molecule has 2 unspecified atom stereocenters. The van der Waals surface area contributed by atoms with E-state index in [0.717, 1.165) is 18.6 Å². The number of rotatable bonds is 2. The van der Waals surface area contributed by atoms with Crippen LogP contribution in [0.1, 0.15) is 40.0 Å². The minimum absolute atomic E-state index is 0.00215. The molecule has 0 saturated carbocycles. The van der Waals surface area contributed by atoms with E-state index in [9.17, 15) is 9.59 Å². The van der Waals surface area contributed by atoms with Crippen LogP contribution in [0.5, 0.6) is 0 Å². The number of hydrogen-bond donors (Lipinski definition) is 1. The number of nitrogens with one attached hydrogen (secondary N) is 1. The molecule has 2 rings (SSSR count). The molecule has 0 aromatic carbocycles. The van der Waals surface area contributed by atoms with E-state index in [-0.39, 0.29) is 23.9 Å². The molecule has 5 heteroatoms. The molecule has 0 bridgehead atoms. The lowest BCUT2D eigenvalue weighted by atomic mass is 9.93. The number of piperazine rings is 1. The van der Waals surface area contributed by atoms with Crippen molar-refractivity contribution < 1.29 is 9.59 Å². The molecule has 2 saturated heterocycles. The lowest BCUT2D eigenvalue weighted by molar-refractivity contribution is -0.156. The van der Waals surface area contributed by atoms with E-state index in [1.165, 1.54) is 5.75 Å². The normalized spacial score (nSPS) is 32.3. The van der Waals surface area contributed by atoms with Crippen molar-refractivity contribution in [3.8, 4) is 0 Å². The molecule has 0 spiro atoms. The molecule has 0 aromatic rings. The van der Waals surface area contributed by atoms with Gasteiger partial charge in [0.15, 0.2) is 0 Å². The first-order valence-corrected chi connectivity index (χ1v) is 7.85.